The summed E-state index contributed by atoms with van der Waals surface area (Å²) in [6.07, 6.45) is 4.41. The largest absolute Gasteiger partial charge is 0.506 e. The van der Waals surface area contributed by atoms with E-state index in [1.165, 1.54) is 17.7 Å². The first-order valence-electron chi connectivity index (χ1n) is 16.9. The van der Waals surface area contributed by atoms with Crippen molar-refractivity contribution in [2.75, 3.05) is 17.2 Å². The van der Waals surface area contributed by atoms with Crippen LogP contribution in [-0.4, -0.2) is 17.9 Å². The number of ether oxygens (including phenoxy) is 1. The highest BCUT2D eigenvalue weighted by Gasteiger charge is 2.31. The van der Waals surface area contributed by atoms with Gasteiger partial charge in [0, 0.05) is 36.1 Å². The summed E-state index contributed by atoms with van der Waals surface area (Å²) in [6.45, 7) is 16.8. The molecule has 0 amide bonds. The summed E-state index contributed by atoms with van der Waals surface area (Å²) < 4.78 is 77.5. The Morgan fingerprint density at radius 2 is 1.38 bits per heavy atom. The molecular formula is C38H50ClF5N2O2. The number of halogens is 6. The normalized spacial score (nSPS) is 13.4. The van der Waals surface area contributed by atoms with Gasteiger partial charge in [0.15, 0.2) is 29.5 Å². The Bertz CT molecular complexity index is 1530. The Balaban J connectivity index is 1.90. The fourth-order valence-corrected chi connectivity index (χ4v) is 5.80. The van der Waals surface area contributed by atoms with Crippen molar-refractivity contribution >= 4 is 23.0 Å². The van der Waals surface area contributed by atoms with Gasteiger partial charge in [0.25, 0.3) is 0 Å². The van der Waals surface area contributed by atoms with Crippen LogP contribution in [0.3, 0.4) is 0 Å². The number of phenolic OH excluding ortho intramolecular Hbond substituents is 1. The van der Waals surface area contributed by atoms with Crippen LogP contribution in [0.15, 0.2) is 30.3 Å². The first-order chi connectivity index (χ1) is 22.5. The van der Waals surface area contributed by atoms with Crippen LogP contribution in [0.5, 0.6) is 11.5 Å². The average molecular weight is 697 g/mol. The number of phenols is 1. The Morgan fingerprint density at radius 1 is 0.771 bits per heavy atom. The van der Waals surface area contributed by atoms with Crippen LogP contribution in [0.2, 0.25) is 5.02 Å². The van der Waals surface area contributed by atoms with Gasteiger partial charge in [0.1, 0.15) is 11.5 Å². The maximum atomic E-state index is 14.6. The molecule has 4 nitrogen and oxygen atoms in total. The molecule has 3 aromatic rings. The van der Waals surface area contributed by atoms with E-state index >= 15 is 0 Å². The van der Waals surface area contributed by atoms with Gasteiger partial charge in [-0.2, -0.15) is 0 Å². The molecular weight excluding hydrogens is 647 g/mol. The van der Waals surface area contributed by atoms with Gasteiger partial charge in [0.05, 0.1) is 16.4 Å². The second kappa shape index (κ2) is 16.5. The third-order valence-corrected chi connectivity index (χ3v) is 9.89. The van der Waals surface area contributed by atoms with E-state index in [4.69, 9.17) is 16.3 Å². The molecule has 0 heterocycles. The second-order valence-electron chi connectivity index (χ2n) is 13.8. The standard InChI is InChI=1S/C38H50ClF5N2O2/c1-9-13-15-30(48-29-17-16-23(37(5,6)11-3)18-24(29)38(7,8)12-4)46-26-20-28(47)27(19-25(26)39)45-21-22(14-10-2)31-32(40)34(42)36(44)35(43)33(31)41/h16-20,22,30,45-47H,9-15,21H2,1-8H3. The number of hydrogen-bond donors (Lipinski definition) is 3. The predicted molar refractivity (Wildman–Crippen MR) is 186 cm³/mol. The van der Waals surface area contributed by atoms with E-state index < -0.39 is 46.8 Å². The molecule has 2 unspecified atom stereocenters. The molecule has 266 valence electrons. The summed E-state index contributed by atoms with van der Waals surface area (Å²) in [4.78, 5) is 0. The zero-order chi connectivity index (χ0) is 36.0. The Morgan fingerprint density at radius 3 is 1.94 bits per heavy atom. The molecule has 3 aromatic carbocycles. The number of anilines is 2. The van der Waals surface area contributed by atoms with E-state index in [1.54, 1.807) is 6.92 Å². The summed E-state index contributed by atoms with van der Waals surface area (Å²) in [5, 5.41) is 17.4. The molecule has 3 N–H and O–H groups in total. The molecule has 0 aliphatic carbocycles. The van der Waals surface area contributed by atoms with Crippen LogP contribution in [-0.2, 0) is 10.8 Å². The molecule has 0 radical (unpaired) electrons. The molecule has 2 atom stereocenters. The van der Waals surface area contributed by atoms with Crippen LogP contribution in [0.4, 0.5) is 33.3 Å². The van der Waals surface area contributed by atoms with E-state index in [-0.39, 0.29) is 40.3 Å². The minimum atomic E-state index is -2.20. The molecule has 3 rings (SSSR count). The van der Waals surface area contributed by atoms with Crippen LogP contribution < -0.4 is 15.4 Å². The average Bonchev–Trinajstić information content (AvgIpc) is 3.06. The maximum absolute atomic E-state index is 14.6. The highest BCUT2D eigenvalue weighted by atomic mass is 35.5. The molecule has 10 heteroatoms. The first kappa shape index (κ1) is 39.2. The fourth-order valence-electron chi connectivity index (χ4n) is 5.58. The zero-order valence-corrected chi connectivity index (χ0v) is 30.1. The molecule has 48 heavy (non-hydrogen) atoms. The van der Waals surface area contributed by atoms with Gasteiger partial charge in [-0.15, -0.1) is 0 Å². The van der Waals surface area contributed by atoms with Crippen LogP contribution >= 0.6 is 11.6 Å². The van der Waals surface area contributed by atoms with Crippen LogP contribution in [0.1, 0.15) is 123 Å². The number of rotatable bonds is 17. The topological polar surface area (TPSA) is 53.5 Å². The highest BCUT2D eigenvalue weighted by molar-refractivity contribution is 6.33. The number of aromatic hydroxyl groups is 1. The van der Waals surface area contributed by atoms with Crippen molar-refractivity contribution in [3.8, 4) is 11.5 Å². The number of nitrogens with one attached hydrogen (secondary N) is 2. The lowest BCUT2D eigenvalue weighted by molar-refractivity contribution is 0.210. The zero-order valence-electron chi connectivity index (χ0n) is 29.3. The summed E-state index contributed by atoms with van der Waals surface area (Å²) in [7, 11) is 0. The van der Waals surface area contributed by atoms with Gasteiger partial charge in [-0.3, -0.25) is 0 Å². The van der Waals surface area contributed by atoms with Crippen molar-refractivity contribution in [1.82, 2.24) is 0 Å². The third-order valence-electron chi connectivity index (χ3n) is 9.58. The van der Waals surface area contributed by atoms with E-state index in [0.717, 1.165) is 37.0 Å². The summed E-state index contributed by atoms with van der Waals surface area (Å²) in [6, 6.07) is 9.26. The van der Waals surface area contributed by atoms with Gasteiger partial charge >= 0.3 is 0 Å². The molecule has 0 spiro atoms. The maximum Gasteiger partial charge on any atom is 0.200 e. The monoisotopic (exact) mass is 696 g/mol. The summed E-state index contributed by atoms with van der Waals surface area (Å²) in [5.74, 6) is -10.4. The van der Waals surface area contributed by atoms with Gasteiger partial charge in [-0.1, -0.05) is 92.0 Å². The minimum Gasteiger partial charge on any atom is -0.506 e. The van der Waals surface area contributed by atoms with Crippen molar-refractivity contribution < 1.29 is 31.8 Å². The Kier molecular flexibility index (Phi) is 13.5. The Labute approximate surface area is 287 Å². The highest BCUT2D eigenvalue weighted by Crippen LogP contribution is 2.40. The lowest BCUT2D eigenvalue weighted by Gasteiger charge is -2.32. The number of hydrogen-bond acceptors (Lipinski definition) is 4. The predicted octanol–water partition coefficient (Wildman–Crippen LogP) is 12.1. The van der Waals surface area contributed by atoms with Crippen molar-refractivity contribution in [3.63, 3.8) is 0 Å². The first-order valence-corrected chi connectivity index (χ1v) is 17.3. The molecule has 0 aliphatic rings. The van der Waals surface area contributed by atoms with Crippen molar-refractivity contribution in [1.29, 1.82) is 0 Å². The van der Waals surface area contributed by atoms with Crippen LogP contribution in [0, 0.1) is 29.1 Å². The lowest BCUT2D eigenvalue weighted by Crippen LogP contribution is -2.29. The van der Waals surface area contributed by atoms with Gasteiger partial charge in [-0.25, -0.2) is 22.0 Å². The van der Waals surface area contributed by atoms with E-state index in [2.05, 4.69) is 71.2 Å². The number of unbranched alkanes of at least 4 members (excludes halogenated alkanes) is 1. The Hall–Kier alpha value is -3.20. The van der Waals surface area contributed by atoms with Gasteiger partial charge in [0.2, 0.25) is 5.82 Å². The molecule has 0 bridgehead atoms. The fraction of sp³-hybridized carbons (Fsp3) is 0.526. The third kappa shape index (κ3) is 8.87. The molecule has 0 saturated carbocycles. The second-order valence-corrected chi connectivity index (χ2v) is 14.2. The molecule has 0 aromatic heterocycles. The quantitative estimate of drug-likeness (QED) is 0.0432. The van der Waals surface area contributed by atoms with Crippen molar-refractivity contribution in [2.45, 2.75) is 123 Å². The van der Waals surface area contributed by atoms with Crippen molar-refractivity contribution in [2.24, 2.45) is 0 Å². The SMILES string of the molecule is CCCCC(Nc1cc(O)c(NCC(CCC)c2c(F)c(F)c(F)c(F)c2F)cc1Cl)Oc1ccc(C(C)(C)CC)cc1C(C)(C)CC. The van der Waals surface area contributed by atoms with Crippen molar-refractivity contribution in [3.05, 3.63) is 81.1 Å². The number of benzene rings is 3. The lowest BCUT2D eigenvalue weighted by atomic mass is 9.76. The van der Waals surface area contributed by atoms with Gasteiger partial charge < -0.3 is 20.5 Å². The summed E-state index contributed by atoms with van der Waals surface area (Å²) in [5.41, 5.74) is 1.86. The molecule has 0 aliphatic heterocycles. The minimum absolute atomic E-state index is 0.00206. The van der Waals surface area contributed by atoms with Crippen LogP contribution in [0.25, 0.3) is 0 Å². The van der Waals surface area contributed by atoms with E-state index in [9.17, 15) is 27.1 Å². The summed E-state index contributed by atoms with van der Waals surface area (Å²) >= 11 is 6.67. The smallest absolute Gasteiger partial charge is 0.200 e. The van der Waals surface area contributed by atoms with E-state index in [0.29, 0.717) is 18.5 Å². The molecule has 0 fully saturated rings. The molecule has 0 saturated heterocycles. The van der Waals surface area contributed by atoms with E-state index in [1.807, 2.05) is 6.07 Å². The van der Waals surface area contributed by atoms with Gasteiger partial charge in [-0.05, 0) is 54.2 Å².